The van der Waals surface area contributed by atoms with Crippen molar-refractivity contribution in [1.29, 1.82) is 0 Å². The Labute approximate surface area is 432 Å². The van der Waals surface area contributed by atoms with Crippen LogP contribution in [-0.2, 0) is 20.1 Å². The number of pyridine rings is 3. The fraction of sp³-hybridized carbons (Fsp3) is 0.149. The Kier molecular flexibility index (Phi) is 13.6. The molecule has 10 aromatic rings. The van der Waals surface area contributed by atoms with Gasteiger partial charge in [0.15, 0.2) is 0 Å². The minimum atomic E-state index is 0. The van der Waals surface area contributed by atoms with E-state index in [2.05, 4.69) is 192 Å². The Balaban J connectivity index is 0.00000547. The molecule has 4 unspecified atom stereocenters. The van der Waals surface area contributed by atoms with Crippen molar-refractivity contribution >= 4 is 0 Å². The zero-order valence-corrected chi connectivity index (χ0v) is 41.9. The van der Waals surface area contributed by atoms with Crippen molar-refractivity contribution in [3.05, 3.63) is 259 Å². The molecule has 7 aromatic carbocycles. The second-order valence-corrected chi connectivity index (χ2v) is 19.1. The van der Waals surface area contributed by atoms with E-state index >= 15 is 0 Å². The Morgan fingerprint density at radius 1 is 0.310 bits per heavy atom. The molecule has 71 heavy (non-hydrogen) atoms. The van der Waals surface area contributed by atoms with Crippen LogP contribution in [0.2, 0.25) is 0 Å². The van der Waals surface area contributed by atoms with Crippen molar-refractivity contribution in [3.63, 3.8) is 0 Å². The van der Waals surface area contributed by atoms with Crippen LogP contribution < -0.4 is 0 Å². The third-order valence-electron chi connectivity index (χ3n) is 15.0. The first-order chi connectivity index (χ1) is 34.7. The summed E-state index contributed by atoms with van der Waals surface area (Å²) in [5.74, 6) is 1.57. The van der Waals surface area contributed by atoms with Gasteiger partial charge in [0.1, 0.15) is 0 Å². The van der Waals surface area contributed by atoms with Crippen molar-refractivity contribution in [2.75, 3.05) is 0 Å². The second kappa shape index (κ2) is 20.9. The molecule has 0 N–H and O–H groups in total. The summed E-state index contributed by atoms with van der Waals surface area (Å²) in [6.45, 7) is 0. The van der Waals surface area contributed by atoms with Gasteiger partial charge >= 0.3 is 20.1 Å². The monoisotopic (exact) mass is 1090 g/mol. The standard InChI is InChI=1S/C67H52N3.Ir/c1-2-14-46(15-3-1)47-25-27-50(28-26-47)64-45-53(67-24-8-11-41-70-67)37-38-63(64)62-17-5-4-16-61(62)56-43-54(59-20-12-18-57(59)48-29-33-51(34-30-48)65-22-6-9-39-68-65)42-55(44-56)60-21-13-19-58(60)49-31-35-52(36-32-49)66-23-7-10-40-69-66;/h1-11,14-17,22-33,35,38-45,57-60H,12-13,18-21H2;/q-3;+3. The Morgan fingerprint density at radius 2 is 0.761 bits per heavy atom. The first kappa shape index (κ1) is 46.0. The third-order valence-corrected chi connectivity index (χ3v) is 15.0. The molecule has 2 saturated carbocycles. The summed E-state index contributed by atoms with van der Waals surface area (Å²) in [7, 11) is 0. The fourth-order valence-corrected chi connectivity index (χ4v) is 11.5. The zero-order chi connectivity index (χ0) is 46.6. The fourth-order valence-electron chi connectivity index (χ4n) is 11.5. The quantitative estimate of drug-likeness (QED) is 0.121. The molecule has 0 radical (unpaired) electrons. The predicted octanol–water partition coefficient (Wildman–Crippen LogP) is 17.0. The van der Waals surface area contributed by atoms with Gasteiger partial charge in [-0.3, -0.25) is 0 Å². The van der Waals surface area contributed by atoms with Crippen molar-refractivity contribution < 1.29 is 20.1 Å². The minimum Gasteiger partial charge on any atom is -0.305 e. The van der Waals surface area contributed by atoms with E-state index in [9.17, 15) is 0 Å². The van der Waals surface area contributed by atoms with E-state index in [-0.39, 0.29) is 20.1 Å². The van der Waals surface area contributed by atoms with E-state index in [1.807, 2.05) is 55.0 Å². The van der Waals surface area contributed by atoms with Gasteiger partial charge in [-0.05, 0) is 111 Å². The number of aromatic nitrogens is 3. The second-order valence-electron chi connectivity index (χ2n) is 19.1. The van der Waals surface area contributed by atoms with Gasteiger partial charge in [-0.2, -0.15) is 0 Å². The molecule has 0 saturated heterocycles. The Morgan fingerprint density at radius 3 is 1.27 bits per heavy atom. The van der Waals surface area contributed by atoms with Gasteiger partial charge in [0.25, 0.3) is 0 Å². The molecule has 2 fully saturated rings. The number of benzene rings is 7. The van der Waals surface area contributed by atoms with Crippen LogP contribution in [0.1, 0.15) is 84.5 Å². The molecule has 2 aliphatic rings. The van der Waals surface area contributed by atoms with Crippen LogP contribution in [-0.4, -0.2) is 15.0 Å². The van der Waals surface area contributed by atoms with E-state index in [1.165, 1.54) is 62.9 Å². The molecule has 3 aromatic heterocycles. The minimum absolute atomic E-state index is 0. The molecule has 2 aliphatic carbocycles. The van der Waals surface area contributed by atoms with Crippen LogP contribution in [0.3, 0.4) is 0 Å². The first-order valence-electron chi connectivity index (χ1n) is 24.9. The molecule has 4 heteroatoms. The summed E-state index contributed by atoms with van der Waals surface area (Å²) in [5.41, 5.74) is 21.1. The van der Waals surface area contributed by atoms with Crippen molar-refractivity contribution in [3.8, 4) is 78.3 Å². The van der Waals surface area contributed by atoms with Crippen LogP contribution >= 0.6 is 0 Å². The smallest absolute Gasteiger partial charge is 0.305 e. The summed E-state index contributed by atoms with van der Waals surface area (Å²) >= 11 is 0. The van der Waals surface area contributed by atoms with E-state index in [4.69, 9.17) is 4.98 Å². The normalized spacial score (nSPS) is 17.4. The van der Waals surface area contributed by atoms with Crippen LogP contribution in [0.25, 0.3) is 78.3 Å². The molecule has 344 valence electrons. The van der Waals surface area contributed by atoms with Gasteiger partial charge in [-0.1, -0.05) is 176 Å². The molecular formula is C67H52IrN3. The predicted molar refractivity (Wildman–Crippen MR) is 286 cm³/mol. The molecule has 12 rings (SSSR count). The summed E-state index contributed by atoms with van der Waals surface area (Å²) < 4.78 is 0. The molecule has 3 heterocycles. The van der Waals surface area contributed by atoms with E-state index in [0.717, 1.165) is 76.1 Å². The summed E-state index contributed by atoms with van der Waals surface area (Å²) in [5, 5.41) is 0. The number of nitrogens with zero attached hydrogens (tertiary/aromatic N) is 3. The maximum absolute atomic E-state index is 4.75. The maximum atomic E-state index is 4.75. The van der Waals surface area contributed by atoms with E-state index in [1.54, 1.807) is 0 Å². The summed E-state index contributed by atoms with van der Waals surface area (Å²) in [6, 6.07) is 83.6. The van der Waals surface area contributed by atoms with Crippen LogP contribution in [0.4, 0.5) is 0 Å². The van der Waals surface area contributed by atoms with E-state index in [0.29, 0.717) is 23.7 Å². The van der Waals surface area contributed by atoms with Crippen LogP contribution in [0, 0.1) is 18.2 Å². The molecular weight excluding hydrogens is 1040 g/mol. The van der Waals surface area contributed by atoms with Crippen molar-refractivity contribution in [2.45, 2.75) is 62.2 Å². The molecule has 0 aliphatic heterocycles. The third kappa shape index (κ3) is 9.63. The van der Waals surface area contributed by atoms with Gasteiger partial charge in [0.2, 0.25) is 0 Å². The SMILES string of the molecule is [Ir+3].[c-]1cc(C2CCCC2c2cc(-c3ccccc3-c3c[c-]c(-c4ccccn4)cc3-c3ccc(-c4ccccc4)cc3)cc(C3CCCC3c3c[c-]c(-c4ccccn4)cc3)c2)ccc1-c1ccccn1. The van der Waals surface area contributed by atoms with Crippen molar-refractivity contribution in [2.24, 2.45) is 0 Å². The van der Waals surface area contributed by atoms with Crippen molar-refractivity contribution in [1.82, 2.24) is 15.0 Å². The number of hydrogen-bond donors (Lipinski definition) is 0. The Bertz CT molecular complexity index is 3240. The largest absolute Gasteiger partial charge is 3.00 e. The molecule has 3 nitrogen and oxygen atoms in total. The molecule has 0 amide bonds. The van der Waals surface area contributed by atoms with E-state index < -0.39 is 0 Å². The maximum Gasteiger partial charge on any atom is 3.00 e. The first-order valence-corrected chi connectivity index (χ1v) is 24.9. The zero-order valence-electron chi connectivity index (χ0n) is 39.5. The van der Waals surface area contributed by atoms with Gasteiger partial charge in [0.05, 0.1) is 0 Å². The topological polar surface area (TPSA) is 38.7 Å². The van der Waals surface area contributed by atoms with Crippen LogP contribution in [0.15, 0.2) is 219 Å². The van der Waals surface area contributed by atoms with Gasteiger partial charge in [-0.25, -0.2) is 0 Å². The van der Waals surface area contributed by atoms with Gasteiger partial charge in [-0.15, -0.1) is 94.5 Å². The summed E-state index contributed by atoms with van der Waals surface area (Å²) in [4.78, 5) is 14.0. The van der Waals surface area contributed by atoms with Crippen LogP contribution in [0.5, 0.6) is 0 Å². The summed E-state index contributed by atoms with van der Waals surface area (Å²) in [6.07, 6.45) is 12.6. The average molecular weight is 1090 g/mol. The van der Waals surface area contributed by atoms with Gasteiger partial charge < -0.3 is 15.0 Å². The molecule has 0 spiro atoms. The van der Waals surface area contributed by atoms with Gasteiger partial charge in [0, 0.05) is 18.6 Å². The molecule has 4 atom stereocenters. The number of rotatable bonds is 11. The Hall–Kier alpha value is -7.36. The average Bonchev–Trinajstić information content (AvgIpc) is 4.16. The number of hydrogen-bond acceptors (Lipinski definition) is 3. The molecule has 0 bridgehead atoms.